The van der Waals surface area contributed by atoms with Crippen LogP contribution in [0.3, 0.4) is 0 Å². The largest absolute Gasteiger partial charge is 0.396 e. The first-order valence-corrected chi connectivity index (χ1v) is 8.58. The molecule has 0 radical (unpaired) electrons. The highest BCUT2D eigenvalue weighted by atomic mass is 16.5. The molecule has 0 rings (SSSR count). The molecule has 0 aliphatic rings. The van der Waals surface area contributed by atoms with Crippen LogP contribution in [0.2, 0.25) is 0 Å². The van der Waals surface area contributed by atoms with Crippen molar-refractivity contribution in [2.24, 2.45) is 5.41 Å². The molecule has 0 saturated carbocycles. The lowest BCUT2D eigenvalue weighted by molar-refractivity contribution is -0.0935. The third kappa shape index (κ3) is 11.1. The molecule has 0 saturated heterocycles. The van der Waals surface area contributed by atoms with Crippen molar-refractivity contribution in [2.45, 2.75) is 59.3 Å². The molecule has 0 atom stereocenters. The quantitative estimate of drug-likeness (QED) is 0.444. The first-order valence-electron chi connectivity index (χ1n) is 8.58. The van der Waals surface area contributed by atoms with Gasteiger partial charge in [-0.2, -0.15) is 0 Å². The van der Waals surface area contributed by atoms with Crippen molar-refractivity contribution in [1.29, 1.82) is 0 Å². The van der Waals surface area contributed by atoms with E-state index in [-0.39, 0.29) is 6.61 Å². The fourth-order valence-corrected chi connectivity index (χ4v) is 1.87. The lowest BCUT2D eigenvalue weighted by Gasteiger charge is -2.31. The van der Waals surface area contributed by atoms with Crippen molar-refractivity contribution in [2.75, 3.05) is 46.2 Å². The first-order chi connectivity index (χ1) is 10.2. The number of hydrogen-bond donors (Lipinski definition) is 1. The van der Waals surface area contributed by atoms with Gasteiger partial charge in [0.15, 0.2) is 0 Å². The summed E-state index contributed by atoms with van der Waals surface area (Å²) in [5, 5.41) is 9.81. The second-order valence-corrected chi connectivity index (χ2v) is 5.88. The van der Waals surface area contributed by atoms with Gasteiger partial charge in [-0.25, -0.2) is 0 Å². The maximum absolute atomic E-state index is 9.81. The van der Waals surface area contributed by atoms with Gasteiger partial charge in [0, 0.05) is 19.8 Å². The molecule has 0 unspecified atom stereocenters. The second-order valence-electron chi connectivity index (χ2n) is 5.88. The summed E-state index contributed by atoms with van der Waals surface area (Å²) in [6, 6.07) is 0. The maximum Gasteiger partial charge on any atom is 0.0635 e. The first kappa shape index (κ1) is 20.8. The Kier molecular flexibility index (Phi) is 14.7. The fraction of sp³-hybridized carbons (Fsp3) is 1.00. The second kappa shape index (κ2) is 14.8. The van der Waals surface area contributed by atoms with Gasteiger partial charge in [-0.3, -0.25) is 0 Å². The van der Waals surface area contributed by atoms with Gasteiger partial charge in [-0.05, 0) is 19.3 Å². The molecular weight excluding hydrogens is 268 g/mol. The Labute approximate surface area is 131 Å². The molecule has 0 aliphatic carbocycles. The summed E-state index contributed by atoms with van der Waals surface area (Å²) in [4.78, 5) is 0. The summed E-state index contributed by atoms with van der Waals surface area (Å²) in [6.45, 7) is 10.2. The average Bonchev–Trinajstić information content (AvgIpc) is 2.51. The van der Waals surface area contributed by atoms with E-state index in [1.54, 1.807) is 0 Å². The van der Waals surface area contributed by atoms with Crippen LogP contribution in [0.5, 0.6) is 0 Å². The topological polar surface area (TPSA) is 47.9 Å². The molecule has 1 N–H and O–H groups in total. The van der Waals surface area contributed by atoms with Gasteiger partial charge in [0.05, 0.1) is 31.8 Å². The Morgan fingerprint density at radius 1 is 0.667 bits per heavy atom. The van der Waals surface area contributed by atoms with Crippen LogP contribution in [0.4, 0.5) is 0 Å². The molecule has 4 nitrogen and oxygen atoms in total. The number of rotatable bonds is 16. The van der Waals surface area contributed by atoms with E-state index in [0.717, 1.165) is 58.3 Å². The lowest BCUT2D eigenvalue weighted by Crippen LogP contribution is -2.41. The smallest absolute Gasteiger partial charge is 0.0635 e. The van der Waals surface area contributed by atoms with Gasteiger partial charge in [0.1, 0.15) is 0 Å². The summed E-state index contributed by atoms with van der Waals surface area (Å²) >= 11 is 0. The van der Waals surface area contributed by atoms with Crippen LogP contribution < -0.4 is 0 Å². The van der Waals surface area contributed by atoms with Crippen LogP contribution in [-0.4, -0.2) is 51.4 Å². The van der Waals surface area contributed by atoms with Gasteiger partial charge in [0.25, 0.3) is 0 Å². The summed E-state index contributed by atoms with van der Waals surface area (Å²) in [6.07, 6.45) is 6.50. The van der Waals surface area contributed by atoms with E-state index in [1.165, 1.54) is 0 Å². The van der Waals surface area contributed by atoms with E-state index in [9.17, 15) is 5.11 Å². The SMILES string of the molecule is CCCCOCC(CO)(COCCCC)COCCCC. The monoisotopic (exact) mass is 304 g/mol. The summed E-state index contributed by atoms with van der Waals surface area (Å²) in [5.41, 5.74) is -0.421. The Morgan fingerprint density at radius 3 is 1.24 bits per heavy atom. The van der Waals surface area contributed by atoms with Crippen LogP contribution in [-0.2, 0) is 14.2 Å². The minimum absolute atomic E-state index is 0.0391. The van der Waals surface area contributed by atoms with Crippen LogP contribution in [0, 0.1) is 5.41 Å². The van der Waals surface area contributed by atoms with Crippen molar-refractivity contribution in [3.05, 3.63) is 0 Å². The number of aliphatic hydroxyl groups excluding tert-OH is 1. The Morgan fingerprint density at radius 2 is 1.00 bits per heavy atom. The Balaban J connectivity index is 4.22. The van der Waals surface area contributed by atoms with Crippen molar-refractivity contribution in [3.63, 3.8) is 0 Å². The van der Waals surface area contributed by atoms with E-state index >= 15 is 0 Å². The minimum Gasteiger partial charge on any atom is -0.396 e. The molecule has 0 aromatic heterocycles. The van der Waals surface area contributed by atoms with Crippen molar-refractivity contribution >= 4 is 0 Å². The lowest BCUT2D eigenvalue weighted by atomic mass is 9.92. The summed E-state index contributed by atoms with van der Waals surface area (Å²) in [7, 11) is 0. The molecule has 0 fully saturated rings. The van der Waals surface area contributed by atoms with Crippen molar-refractivity contribution < 1.29 is 19.3 Å². The van der Waals surface area contributed by atoms with Crippen LogP contribution >= 0.6 is 0 Å². The third-order valence-electron chi connectivity index (χ3n) is 3.49. The summed E-state index contributed by atoms with van der Waals surface area (Å²) in [5.74, 6) is 0. The fourth-order valence-electron chi connectivity index (χ4n) is 1.87. The predicted octanol–water partition coefficient (Wildman–Crippen LogP) is 3.42. The standard InChI is InChI=1S/C17H36O4/c1-4-7-10-19-14-17(13-18,15-20-11-8-5-2)16-21-12-9-6-3/h18H,4-16H2,1-3H3. The molecule has 0 amide bonds. The molecular formula is C17H36O4. The maximum atomic E-state index is 9.81. The summed E-state index contributed by atoms with van der Waals surface area (Å²) < 4.78 is 17.2. The van der Waals surface area contributed by atoms with Gasteiger partial charge in [-0.1, -0.05) is 40.0 Å². The molecule has 128 valence electrons. The van der Waals surface area contributed by atoms with Crippen molar-refractivity contribution in [3.8, 4) is 0 Å². The highest BCUT2D eigenvalue weighted by Gasteiger charge is 2.31. The van der Waals surface area contributed by atoms with E-state index in [0.29, 0.717) is 19.8 Å². The molecule has 0 bridgehead atoms. The molecule has 0 aliphatic heterocycles. The molecule has 21 heavy (non-hydrogen) atoms. The van der Waals surface area contributed by atoms with Crippen LogP contribution in [0.15, 0.2) is 0 Å². The number of unbranched alkanes of at least 4 members (excludes halogenated alkanes) is 3. The van der Waals surface area contributed by atoms with Crippen LogP contribution in [0.1, 0.15) is 59.3 Å². The van der Waals surface area contributed by atoms with E-state index < -0.39 is 5.41 Å². The number of hydrogen-bond acceptors (Lipinski definition) is 4. The van der Waals surface area contributed by atoms with Gasteiger partial charge in [0.2, 0.25) is 0 Å². The van der Waals surface area contributed by atoms with Gasteiger partial charge >= 0.3 is 0 Å². The highest BCUT2D eigenvalue weighted by molar-refractivity contribution is 4.78. The number of aliphatic hydroxyl groups is 1. The average molecular weight is 304 g/mol. The zero-order chi connectivity index (χ0) is 15.8. The van der Waals surface area contributed by atoms with Crippen molar-refractivity contribution in [1.82, 2.24) is 0 Å². The Hall–Kier alpha value is -0.160. The van der Waals surface area contributed by atoms with Gasteiger partial charge < -0.3 is 19.3 Å². The van der Waals surface area contributed by atoms with E-state index in [1.807, 2.05) is 0 Å². The highest BCUT2D eigenvalue weighted by Crippen LogP contribution is 2.19. The minimum atomic E-state index is -0.421. The Bertz CT molecular complexity index is 178. The zero-order valence-corrected chi connectivity index (χ0v) is 14.4. The predicted molar refractivity (Wildman–Crippen MR) is 86.7 cm³/mol. The van der Waals surface area contributed by atoms with Gasteiger partial charge in [-0.15, -0.1) is 0 Å². The molecule has 0 heterocycles. The van der Waals surface area contributed by atoms with E-state index in [2.05, 4.69) is 20.8 Å². The molecule has 0 aromatic carbocycles. The van der Waals surface area contributed by atoms with Crippen LogP contribution in [0.25, 0.3) is 0 Å². The molecule has 0 aromatic rings. The zero-order valence-electron chi connectivity index (χ0n) is 14.4. The number of ether oxygens (including phenoxy) is 3. The van der Waals surface area contributed by atoms with E-state index in [4.69, 9.17) is 14.2 Å². The molecule has 4 heteroatoms. The third-order valence-corrected chi connectivity index (χ3v) is 3.49. The normalized spacial score (nSPS) is 12.0. The molecule has 0 spiro atoms.